The van der Waals surface area contributed by atoms with Crippen molar-refractivity contribution in [2.45, 2.75) is 50.7 Å². The number of aromatic nitrogens is 2. The van der Waals surface area contributed by atoms with Crippen LogP contribution in [0.4, 0.5) is 5.95 Å². The van der Waals surface area contributed by atoms with Gasteiger partial charge in [-0.2, -0.15) is 0 Å². The third kappa shape index (κ3) is 3.15. The van der Waals surface area contributed by atoms with E-state index in [1.165, 1.54) is 38.8 Å². The first-order chi connectivity index (χ1) is 9.86. The third-order valence-corrected chi connectivity index (χ3v) is 4.62. The lowest BCUT2D eigenvalue weighted by molar-refractivity contribution is 0.186. The van der Waals surface area contributed by atoms with Gasteiger partial charge in [0.25, 0.3) is 0 Å². The molecule has 2 saturated heterocycles. The second-order valence-corrected chi connectivity index (χ2v) is 5.99. The Labute approximate surface area is 121 Å². The minimum atomic E-state index is 0.581. The highest BCUT2D eigenvalue weighted by Crippen LogP contribution is 2.28. The van der Waals surface area contributed by atoms with Crippen LogP contribution < -0.4 is 5.32 Å². The van der Waals surface area contributed by atoms with E-state index in [-0.39, 0.29) is 0 Å². The molecular formula is C15H26N4O. The third-order valence-electron chi connectivity index (χ3n) is 4.62. The van der Waals surface area contributed by atoms with Gasteiger partial charge in [-0.15, -0.1) is 0 Å². The Hall–Kier alpha value is -1.07. The van der Waals surface area contributed by atoms with Gasteiger partial charge in [-0.3, -0.25) is 0 Å². The molecule has 5 nitrogen and oxygen atoms in total. The van der Waals surface area contributed by atoms with Crippen LogP contribution >= 0.6 is 0 Å². The number of anilines is 1. The Kier molecular flexibility index (Phi) is 4.58. The number of imidazole rings is 1. The van der Waals surface area contributed by atoms with Gasteiger partial charge in [0.15, 0.2) is 0 Å². The molecule has 2 unspecified atom stereocenters. The van der Waals surface area contributed by atoms with Gasteiger partial charge in [-0.25, -0.2) is 4.98 Å². The molecule has 0 aromatic carbocycles. The first kappa shape index (κ1) is 13.9. The number of fused-ring (bicyclic) bond motifs is 1. The molecule has 1 aromatic rings. The zero-order valence-electron chi connectivity index (χ0n) is 12.4. The van der Waals surface area contributed by atoms with Crippen molar-refractivity contribution in [3.05, 3.63) is 12.4 Å². The standard InChI is InChI=1S/C15H26N4O/c1-20-11-3-8-19-10-6-16-15(19)17-13-5-9-18-7-2-4-14(18)12-13/h6,10,13-14H,2-5,7-9,11-12H2,1H3,(H,16,17). The van der Waals surface area contributed by atoms with Crippen molar-refractivity contribution in [3.8, 4) is 0 Å². The number of rotatable bonds is 6. The smallest absolute Gasteiger partial charge is 0.202 e. The molecule has 112 valence electrons. The fraction of sp³-hybridized carbons (Fsp3) is 0.800. The largest absolute Gasteiger partial charge is 0.385 e. The predicted octanol–water partition coefficient (Wildman–Crippen LogP) is 1.96. The molecule has 0 aliphatic carbocycles. The fourth-order valence-electron chi connectivity index (χ4n) is 3.55. The van der Waals surface area contributed by atoms with Crippen molar-refractivity contribution in [2.24, 2.45) is 0 Å². The highest BCUT2D eigenvalue weighted by molar-refractivity contribution is 5.28. The second-order valence-electron chi connectivity index (χ2n) is 5.99. The second kappa shape index (κ2) is 6.59. The minimum absolute atomic E-state index is 0.581. The zero-order chi connectivity index (χ0) is 13.8. The quantitative estimate of drug-likeness (QED) is 0.808. The van der Waals surface area contributed by atoms with Crippen molar-refractivity contribution in [2.75, 3.05) is 32.1 Å². The number of piperidine rings is 1. The molecule has 5 heteroatoms. The number of ether oxygens (including phenoxy) is 1. The maximum atomic E-state index is 5.12. The summed E-state index contributed by atoms with van der Waals surface area (Å²) in [5.74, 6) is 1.03. The van der Waals surface area contributed by atoms with Gasteiger partial charge in [0.05, 0.1) is 0 Å². The monoisotopic (exact) mass is 278 g/mol. The van der Waals surface area contributed by atoms with Crippen LogP contribution in [0.1, 0.15) is 32.1 Å². The van der Waals surface area contributed by atoms with Crippen LogP contribution in [0.15, 0.2) is 12.4 Å². The van der Waals surface area contributed by atoms with E-state index in [1.807, 2.05) is 6.20 Å². The lowest BCUT2D eigenvalue weighted by Gasteiger charge is -2.35. The molecule has 2 aliphatic heterocycles. The molecule has 0 saturated carbocycles. The highest BCUT2D eigenvalue weighted by atomic mass is 16.5. The van der Waals surface area contributed by atoms with Gasteiger partial charge < -0.3 is 19.5 Å². The Balaban J connectivity index is 1.53. The molecular weight excluding hydrogens is 252 g/mol. The summed E-state index contributed by atoms with van der Waals surface area (Å²) in [7, 11) is 1.75. The number of nitrogens with zero attached hydrogens (tertiary/aromatic N) is 3. The number of aryl methyl sites for hydroxylation is 1. The molecule has 0 spiro atoms. The molecule has 1 N–H and O–H groups in total. The van der Waals surface area contributed by atoms with Crippen molar-refractivity contribution in [3.63, 3.8) is 0 Å². The highest BCUT2D eigenvalue weighted by Gasteiger charge is 2.31. The molecule has 0 amide bonds. The Morgan fingerprint density at radius 3 is 3.25 bits per heavy atom. The van der Waals surface area contributed by atoms with Gasteiger partial charge >= 0.3 is 0 Å². The number of hydrogen-bond acceptors (Lipinski definition) is 4. The normalized spacial score (nSPS) is 26.6. The molecule has 3 rings (SSSR count). The van der Waals surface area contributed by atoms with E-state index in [0.29, 0.717) is 6.04 Å². The van der Waals surface area contributed by atoms with Gasteiger partial charge in [-0.1, -0.05) is 0 Å². The summed E-state index contributed by atoms with van der Waals surface area (Å²) in [4.78, 5) is 7.13. The van der Waals surface area contributed by atoms with Crippen LogP contribution in [0.25, 0.3) is 0 Å². The lowest BCUT2D eigenvalue weighted by Crippen LogP contribution is -2.43. The van der Waals surface area contributed by atoms with Crippen LogP contribution in [0.2, 0.25) is 0 Å². The maximum Gasteiger partial charge on any atom is 0.202 e. The van der Waals surface area contributed by atoms with E-state index in [4.69, 9.17) is 4.74 Å². The molecule has 3 heterocycles. The van der Waals surface area contributed by atoms with Crippen molar-refractivity contribution in [1.29, 1.82) is 0 Å². The predicted molar refractivity (Wildman–Crippen MR) is 80.0 cm³/mol. The molecule has 1 aromatic heterocycles. The lowest BCUT2D eigenvalue weighted by atomic mass is 9.98. The van der Waals surface area contributed by atoms with E-state index in [9.17, 15) is 0 Å². The molecule has 0 radical (unpaired) electrons. The van der Waals surface area contributed by atoms with E-state index < -0.39 is 0 Å². The average molecular weight is 278 g/mol. The van der Waals surface area contributed by atoms with Crippen molar-refractivity contribution < 1.29 is 4.74 Å². The number of methoxy groups -OCH3 is 1. The minimum Gasteiger partial charge on any atom is -0.385 e. The topological polar surface area (TPSA) is 42.3 Å². The van der Waals surface area contributed by atoms with E-state index in [2.05, 4.69) is 26.0 Å². The summed E-state index contributed by atoms with van der Waals surface area (Å²) in [6, 6.07) is 1.39. The van der Waals surface area contributed by atoms with Gasteiger partial charge in [0.2, 0.25) is 5.95 Å². The van der Waals surface area contributed by atoms with E-state index in [1.54, 1.807) is 7.11 Å². The summed E-state index contributed by atoms with van der Waals surface area (Å²) < 4.78 is 7.33. The average Bonchev–Trinajstić information content (AvgIpc) is 3.08. The van der Waals surface area contributed by atoms with Crippen LogP contribution in [0.5, 0.6) is 0 Å². The Morgan fingerprint density at radius 1 is 1.40 bits per heavy atom. The summed E-state index contributed by atoms with van der Waals surface area (Å²) >= 11 is 0. The summed E-state index contributed by atoms with van der Waals surface area (Å²) in [6.45, 7) is 4.33. The van der Waals surface area contributed by atoms with Crippen molar-refractivity contribution >= 4 is 5.95 Å². The summed E-state index contributed by atoms with van der Waals surface area (Å²) in [5, 5.41) is 3.65. The molecule has 20 heavy (non-hydrogen) atoms. The zero-order valence-corrected chi connectivity index (χ0v) is 12.4. The van der Waals surface area contributed by atoms with Gasteiger partial charge in [-0.05, 0) is 38.6 Å². The van der Waals surface area contributed by atoms with E-state index >= 15 is 0 Å². The van der Waals surface area contributed by atoms with Crippen LogP contribution in [0.3, 0.4) is 0 Å². The molecule has 2 atom stereocenters. The Morgan fingerprint density at radius 2 is 2.35 bits per heavy atom. The first-order valence-electron chi connectivity index (χ1n) is 7.87. The summed E-state index contributed by atoms with van der Waals surface area (Å²) in [5.41, 5.74) is 0. The van der Waals surface area contributed by atoms with Gasteiger partial charge in [0, 0.05) is 51.3 Å². The summed E-state index contributed by atoms with van der Waals surface area (Å²) in [6.07, 6.45) is 10.2. The maximum absolute atomic E-state index is 5.12. The fourth-order valence-corrected chi connectivity index (χ4v) is 3.55. The van der Waals surface area contributed by atoms with Crippen LogP contribution in [0, 0.1) is 0 Å². The molecule has 2 aliphatic rings. The molecule has 2 fully saturated rings. The van der Waals surface area contributed by atoms with E-state index in [0.717, 1.165) is 31.6 Å². The van der Waals surface area contributed by atoms with Crippen molar-refractivity contribution in [1.82, 2.24) is 14.5 Å². The van der Waals surface area contributed by atoms with Crippen LogP contribution in [-0.2, 0) is 11.3 Å². The molecule has 0 bridgehead atoms. The Bertz CT molecular complexity index is 420. The van der Waals surface area contributed by atoms with Crippen LogP contribution in [-0.4, -0.2) is 53.3 Å². The SMILES string of the molecule is COCCCn1ccnc1NC1CCN2CCCC2C1. The first-order valence-corrected chi connectivity index (χ1v) is 7.87. The number of nitrogens with one attached hydrogen (secondary N) is 1. The number of hydrogen-bond donors (Lipinski definition) is 1. The van der Waals surface area contributed by atoms with Gasteiger partial charge in [0.1, 0.15) is 0 Å².